The van der Waals surface area contributed by atoms with Gasteiger partial charge in [0, 0.05) is 5.75 Å². The molecule has 5 nitrogen and oxygen atoms in total. The second-order valence-electron chi connectivity index (χ2n) is 2.99. The summed E-state index contributed by atoms with van der Waals surface area (Å²) in [6.45, 7) is -1.71. The highest BCUT2D eigenvalue weighted by Crippen LogP contribution is 2.23. The Morgan fingerprint density at radius 2 is 2.12 bits per heavy atom. The predicted molar refractivity (Wildman–Crippen MR) is 48.0 cm³/mol. The van der Waals surface area contributed by atoms with E-state index < -0.39 is 30.9 Å². The quantitative estimate of drug-likeness (QED) is 0.805. The van der Waals surface area contributed by atoms with Crippen LogP contribution in [0.15, 0.2) is 0 Å². The molecule has 16 heavy (non-hydrogen) atoms. The molecule has 1 fully saturated rings. The van der Waals surface area contributed by atoms with E-state index in [1.807, 2.05) is 0 Å². The van der Waals surface area contributed by atoms with Crippen molar-refractivity contribution in [2.45, 2.75) is 12.2 Å². The van der Waals surface area contributed by atoms with Gasteiger partial charge in [-0.1, -0.05) is 0 Å². The highest BCUT2D eigenvalue weighted by Gasteiger charge is 2.37. The third kappa shape index (κ3) is 3.47. The monoisotopic (exact) mass is 259 g/mol. The maximum absolute atomic E-state index is 11.7. The second-order valence-corrected chi connectivity index (χ2v) is 3.99. The Morgan fingerprint density at radius 1 is 1.50 bits per heavy atom. The fourth-order valence-electron chi connectivity index (χ4n) is 1.05. The SMILES string of the molecule is O=C(O)[C@@H]1CSCN1C(=O)OCC(F)(F)F. The number of ether oxygens (including phenoxy) is 1. The Labute approximate surface area is 92.5 Å². The molecular formula is C7H8F3NO4S. The van der Waals surface area contributed by atoms with Crippen molar-refractivity contribution in [3.63, 3.8) is 0 Å². The molecule has 1 aliphatic heterocycles. The van der Waals surface area contributed by atoms with Crippen molar-refractivity contribution in [1.29, 1.82) is 0 Å². The van der Waals surface area contributed by atoms with Crippen molar-refractivity contribution in [2.24, 2.45) is 0 Å². The van der Waals surface area contributed by atoms with E-state index in [0.29, 0.717) is 0 Å². The van der Waals surface area contributed by atoms with Gasteiger partial charge < -0.3 is 9.84 Å². The Balaban J connectivity index is 2.50. The molecule has 9 heteroatoms. The predicted octanol–water partition coefficient (Wildman–Crippen LogP) is 1.14. The standard InChI is InChI=1S/C7H8F3NO4S/c8-7(9,10)2-15-6(14)11-3-16-1-4(11)5(12)13/h4H,1-3H2,(H,12,13)/t4-/m0/s1. The summed E-state index contributed by atoms with van der Waals surface area (Å²) >= 11 is 1.14. The molecule has 0 saturated carbocycles. The van der Waals surface area contributed by atoms with Crippen LogP contribution in [0.1, 0.15) is 0 Å². The number of alkyl halides is 3. The number of rotatable bonds is 2. The van der Waals surface area contributed by atoms with Crippen LogP contribution < -0.4 is 0 Å². The van der Waals surface area contributed by atoms with Crippen molar-refractivity contribution in [3.8, 4) is 0 Å². The molecule has 0 radical (unpaired) electrons. The van der Waals surface area contributed by atoms with Gasteiger partial charge in [0.1, 0.15) is 6.04 Å². The number of carboxylic acid groups (broad SMARTS) is 1. The van der Waals surface area contributed by atoms with Crippen molar-refractivity contribution >= 4 is 23.8 Å². The molecule has 1 saturated heterocycles. The van der Waals surface area contributed by atoms with Gasteiger partial charge in [0.25, 0.3) is 0 Å². The van der Waals surface area contributed by atoms with Crippen LogP contribution in [0.4, 0.5) is 18.0 Å². The number of nitrogens with zero attached hydrogens (tertiary/aromatic N) is 1. The third-order valence-electron chi connectivity index (χ3n) is 1.76. The lowest BCUT2D eigenvalue weighted by atomic mass is 10.3. The summed E-state index contributed by atoms with van der Waals surface area (Å²) < 4.78 is 39.2. The summed E-state index contributed by atoms with van der Waals surface area (Å²) in [5, 5.41) is 8.68. The van der Waals surface area contributed by atoms with Crippen LogP contribution in [0.2, 0.25) is 0 Å². The van der Waals surface area contributed by atoms with Gasteiger partial charge >= 0.3 is 18.2 Å². The Morgan fingerprint density at radius 3 is 2.62 bits per heavy atom. The average Bonchev–Trinajstić information content (AvgIpc) is 2.61. The second kappa shape index (κ2) is 4.81. The van der Waals surface area contributed by atoms with Crippen LogP contribution in [0.25, 0.3) is 0 Å². The first-order chi connectivity index (χ1) is 7.31. The number of thioether (sulfide) groups is 1. The maximum Gasteiger partial charge on any atom is 0.422 e. The first-order valence-corrected chi connectivity index (χ1v) is 5.27. The minimum Gasteiger partial charge on any atom is -0.480 e. The first-order valence-electron chi connectivity index (χ1n) is 4.12. The average molecular weight is 259 g/mol. The Kier molecular flexibility index (Phi) is 3.89. The van der Waals surface area contributed by atoms with Gasteiger partial charge in [0.2, 0.25) is 0 Å². The first kappa shape index (κ1) is 12.9. The molecule has 0 unspecified atom stereocenters. The number of halogens is 3. The molecular weight excluding hydrogens is 251 g/mol. The Hall–Kier alpha value is -1.12. The van der Waals surface area contributed by atoms with Gasteiger partial charge in [-0.3, -0.25) is 4.90 Å². The smallest absolute Gasteiger partial charge is 0.422 e. The van der Waals surface area contributed by atoms with Gasteiger partial charge in [0.15, 0.2) is 6.61 Å². The lowest BCUT2D eigenvalue weighted by Gasteiger charge is -2.20. The van der Waals surface area contributed by atoms with Crippen LogP contribution >= 0.6 is 11.8 Å². The zero-order valence-corrected chi connectivity index (χ0v) is 8.68. The third-order valence-corrected chi connectivity index (χ3v) is 2.77. The minimum atomic E-state index is -4.61. The summed E-state index contributed by atoms with van der Waals surface area (Å²) in [7, 11) is 0. The Bertz CT molecular complexity index is 296. The highest BCUT2D eigenvalue weighted by atomic mass is 32.2. The molecule has 1 atom stereocenters. The summed E-state index contributed by atoms with van der Waals surface area (Å²) in [5.74, 6) is -1.08. The molecule has 1 aliphatic rings. The van der Waals surface area contributed by atoms with Crippen molar-refractivity contribution in [3.05, 3.63) is 0 Å². The number of hydrogen-bond donors (Lipinski definition) is 1. The van der Waals surface area contributed by atoms with E-state index in [-0.39, 0.29) is 11.6 Å². The zero-order valence-electron chi connectivity index (χ0n) is 7.86. The van der Waals surface area contributed by atoms with Crippen LogP contribution in [0.5, 0.6) is 0 Å². The largest absolute Gasteiger partial charge is 0.480 e. The van der Waals surface area contributed by atoms with Crippen molar-refractivity contribution in [2.75, 3.05) is 18.2 Å². The number of aliphatic carboxylic acids is 1. The van der Waals surface area contributed by atoms with Crippen molar-refractivity contribution < 1.29 is 32.6 Å². The van der Waals surface area contributed by atoms with Gasteiger partial charge in [0.05, 0.1) is 5.88 Å². The number of carbonyl (C=O) groups is 2. The van der Waals surface area contributed by atoms with E-state index in [4.69, 9.17) is 5.11 Å². The maximum atomic E-state index is 11.7. The molecule has 1 amide bonds. The lowest BCUT2D eigenvalue weighted by Crippen LogP contribution is -2.42. The summed E-state index contributed by atoms with van der Waals surface area (Å²) in [4.78, 5) is 22.5. The van der Waals surface area contributed by atoms with Crippen molar-refractivity contribution in [1.82, 2.24) is 4.90 Å². The summed E-state index contributed by atoms with van der Waals surface area (Å²) in [6.07, 6.45) is -5.86. The van der Waals surface area contributed by atoms with Crippen LogP contribution in [0, 0.1) is 0 Å². The molecule has 0 aromatic rings. The molecule has 1 heterocycles. The minimum absolute atomic E-state index is 0.0215. The lowest BCUT2D eigenvalue weighted by molar-refractivity contribution is -0.163. The van der Waals surface area contributed by atoms with E-state index >= 15 is 0 Å². The van der Waals surface area contributed by atoms with Gasteiger partial charge in [-0.15, -0.1) is 11.8 Å². The fraction of sp³-hybridized carbons (Fsp3) is 0.714. The van der Waals surface area contributed by atoms with Crippen LogP contribution in [0.3, 0.4) is 0 Å². The highest BCUT2D eigenvalue weighted by molar-refractivity contribution is 7.99. The van der Waals surface area contributed by atoms with E-state index in [0.717, 1.165) is 16.7 Å². The molecule has 1 N–H and O–H groups in total. The molecule has 0 aromatic carbocycles. The number of amides is 1. The van der Waals surface area contributed by atoms with Crippen LogP contribution in [-0.2, 0) is 9.53 Å². The molecule has 0 bridgehead atoms. The molecule has 1 rings (SSSR count). The van der Waals surface area contributed by atoms with E-state index in [9.17, 15) is 22.8 Å². The topological polar surface area (TPSA) is 66.8 Å². The normalized spacial score (nSPS) is 20.9. The fourth-order valence-corrected chi connectivity index (χ4v) is 2.19. The number of carboxylic acids is 1. The molecule has 0 aliphatic carbocycles. The van der Waals surface area contributed by atoms with E-state index in [2.05, 4.69) is 4.74 Å². The molecule has 0 aromatic heterocycles. The zero-order chi connectivity index (χ0) is 12.3. The van der Waals surface area contributed by atoms with Crippen LogP contribution in [-0.4, -0.2) is 52.5 Å². The van der Waals surface area contributed by atoms with Gasteiger partial charge in [-0.25, -0.2) is 9.59 Å². The van der Waals surface area contributed by atoms with E-state index in [1.165, 1.54) is 0 Å². The summed E-state index contributed by atoms with van der Waals surface area (Å²) in [5.41, 5.74) is 0. The molecule has 92 valence electrons. The van der Waals surface area contributed by atoms with Gasteiger partial charge in [-0.2, -0.15) is 13.2 Å². The number of hydrogen-bond acceptors (Lipinski definition) is 4. The number of carbonyl (C=O) groups excluding carboxylic acids is 1. The van der Waals surface area contributed by atoms with E-state index in [1.54, 1.807) is 0 Å². The van der Waals surface area contributed by atoms with Gasteiger partial charge in [-0.05, 0) is 0 Å². The molecule has 0 spiro atoms. The summed E-state index contributed by atoms with van der Waals surface area (Å²) in [6, 6.07) is -1.12.